The smallest absolute Gasteiger partial charge is 0.303 e. The number of rotatable bonds is 8. The maximum absolute atomic E-state index is 14.0. The van der Waals surface area contributed by atoms with Crippen LogP contribution in [0.3, 0.4) is 0 Å². The van der Waals surface area contributed by atoms with Crippen LogP contribution in [0.1, 0.15) is 31.1 Å². The average Bonchev–Trinajstić information content (AvgIpc) is 3.05. The first-order valence-electron chi connectivity index (χ1n) is 11.6. The van der Waals surface area contributed by atoms with Crippen LogP contribution in [0.2, 0.25) is 5.02 Å². The van der Waals surface area contributed by atoms with Gasteiger partial charge in [-0.15, -0.1) is 0 Å². The quantitative estimate of drug-likeness (QED) is 0.412. The monoisotopic (exact) mass is 537 g/mol. The number of carbonyl (C=O) groups excluding carboxylic acids is 4. The number of esters is 2. The Bertz CT molecular complexity index is 1370. The Labute approximate surface area is 223 Å². The Hall–Kier alpha value is -4.44. The van der Waals surface area contributed by atoms with E-state index >= 15 is 0 Å². The zero-order chi connectivity index (χ0) is 27.2. The van der Waals surface area contributed by atoms with Gasteiger partial charge in [0.15, 0.2) is 5.75 Å². The molecule has 2 aromatic carbocycles. The second-order valence-electron chi connectivity index (χ2n) is 8.36. The van der Waals surface area contributed by atoms with Crippen LogP contribution in [-0.4, -0.2) is 40.8 Å². The lowest BCUT2D eigenvalue weighted by atomic mass is 9.95. The molecule has 0 radical (unpaired) electrons. The van der Waals surface area contributed by atoms with Gasteiger partial charge in [-0.05, 0) is 36.4 Å². The van der Waals surface area contributed by atoms with Crippen LogP contribution in [0.25, 0.3) is 0 Å². The van der Waals surface area contributed by atoms with E-state index in [2.05, 4.69) is 15.6 Å². The predicted octanol–water partition coefficient (Wildman–Crippen LogP) is 3.74. The summed E-state index contributed by atoms with van der Waals surface area (Å²) in [7, 11) is 0. The standard InChI is InChI=1S/C27H24ClN3O7/c1-15(32)36-25(26(37-16(2)33)27(35)30-14-18-7-5-6-12-29-18)24(34)23-19-8-3-4-9-21(19)38-22-11-10-17(28)13-20(22)31-23/h3-13,23,25-26,31H,14H2,1-2H3,(H,30,35)/t23?,25-,26+/m0/s1. The lowest BCUT2D eigenvalue weighted by Gasteiger charge is -2.28. The Kier molecular flexibility index (Phi) is 8.22. The zero-order valence-corrected chi connectivity index (χ0v) is 21.2. The van der Waals surface area contributed by atoms with E-state index < -0.39 is 41.9 Å². The van der Waals surface area contributed by atoms with E-state index in [4.69, 9.17) is 25.8 Å². The molecule has 0 fully saturated rings. The number of ether oxygens (including phenoxy) is 3. The van der Waals surface area contributed by atoms with Crippen molar-refractivity contribution in [2.75, 3.05) is 5.32 Å². The molecule has 11 heteroatoms. The van der Waals surface area contributed by atoms with E-state index in [1.165, 1.54) is 0 Å². The van der Waals surface area contributed by atoms with E-state index in [1.54, 1.807) is 66.9 Å². The number of carbonyl (C=O) groups is 4. The van der Waals surface area contributed by atoms with Crippen LogP contribution >= 0.6 is 11.6 Å². The number of para-hydroxylation sites is 1. The zero-order valence-electron chi connectivity index (χ0n) is 20.5. The average molecular weight is 538 g/mol. The molecular formula is C27H24ClN3O7. The first-order valence-corrected chi connectivity index (χ1v) is 12.0. The number of fused-ring (bicyclic) bond motifs is 2. The fourth-order valence-corrected chi connectivity index (χ4v) is 4.09. The highest BCUT2D eigenvalue weighted by molar-refractivity contribution is 6.31. The summed E-state index contributed by atoms with van der Waals surface area (Å²) in [5.74, 6) is -2.51. The summed E-state index contributed by atoms with van der Waals surface area (Å²) in [6.07, 6.45) is -2.01. The van der Waals surface area contributed by atoms with Gasteiger partial charge in [0.25, 0.3) is 5.91 Å². The minimum Gasteiger partial charge on any atom is -0.455 e. The highest BCUT2D eigenvalue weighted by atomic mass is 35.5. The molecule has 1 aromatic heterocycles. The number of nitrogens with one attached hydrogen (secondary N) is 2. The third-order valence-electron chi connectivity index (χ3n) is 5.55. The molecule has 0 saturated carbocycles. The van der Waals surface area contributed by atoms with Gasteiger partial charge in [0.2, 0.25) is 18.0 Å². The molecule has 0 saturated heterocycles. The first-order chi connectivity index (χ1) is 18.2. The SMILES string of the molecule is CC(=O)O[C@@H](C(=O)NCc1ccccn1)[C@@H](OC(C)=O)C(=O)C1Nc2cc(Cl)ccc2Oc2ccccc21. The van der Waals surface area contributed by atoms with Crippen molar-refractivity contribution in [3.8, 4) is 11.5 Å². The number of amides is 1. The second kappa shape index (κ2) is 11.7. The molecule has 0 spiro atoms. The number of aromatic nitrogens is 1. The van der Waals surface area contributed by atoms with E-state index in [9.17, 15) is 19.2 Å². The van der Waals surface area contributed by atoms with Gasteiger partial charge in [-0.3, -0.25) is 24.2 Å². The van der Waals surface area contributed by atoms with Crippen LogP contribution in [0.5, 0.6) is 11.5 Å². The topological polar surface area (TPSA) is 133 Å². The van der Waals surface area contributed by atoms with Crippen molar-refractivity contribution < 1.29 is 33.4 Å². The Morgan fingerprint density at radius 2 is 1.68 bits per heavy atom. The van der Waals surface area contributed by atoms with Gasteiger partial charge in [0, 0.05) is 30.6 Å². The number of Topliss-reactive ketones (excluding diaryl/α,β-unsaturated/α-hetero) is 1. The molecular weight excluding hydrogens is 514 g/mol. The lowest BCUT2D eigenvalue weighted by Crippen LogP contribution is -2.51. The predicted molar refractivity (Wildman–Crippen MR) is 137 cm³/mol. The van der Waals surface area contributed by atoms with Crippen molar-refractivity contribution in [2.45, 2.75) is 38.6 Å². The fraction of sp³-hybridized carbons (Fsp3) is 0.222. The van der Waals surface area contributed by atoms with Crippen molar-refractivity contribution in [2.24, 2.45) is 0 Å². The van der Waals surface area contributed by atoms with Crippen molar-refractivity contribution in [1.82, 2.24) is 10.3 Å². The molecule has 1 aliphatic heterocycles. The van der Waals surface area contributed by atoms with Crippen molar-refractivity contribution in [3.05, 3.63) is 83.1 Å². The number of halogens is 1. The highest BCUT2D eigenvalue weighted by Crippen LogP contribution is 2.42. The summed E-state index contributed by atoms with van der Waals surface area (Å²) in [4.78, 5) is 55.4. The third-order valence-corrected chi connectivity index (χ3v) is 5.78. The summed E-state index contributed by atoms with van der Waals surface area (Å²) in [6, 6.07) is 15.6. The summed E-state index contributed by atoms with van der Waals surface area (Å²) < 4.78 is 16.6. The molecule has 3 aromatic rings. The number of ketones is 1. The number of hydrogen-bond acceptors (Lipinski definition) is 9. The van der Waals surface area contributed by atoms with Crippen molar-refractivity contribution in [3.63, 3.8) is 0 Å². The van der Waals surface area contributed by atoms with Gasteiger partial charge in [0.05, 0.1) is 17.9 Å². The van der Waals surface area contributed by atoms with Gasteiger partial charge in [-0.1, -0.05) is 35.9 Å². The molecule has 1 amide bonds. The van der Waals surface area contributed by atoms with Gasteiger partial charge in [0.1, 0.15) is 11.8 Å². The molecule has 4 rings (SSSR count). The molecule has 10 nitrogen and oxygen atoms in total. The molecule has 38 heavy (non-hydrogen) atoms. The maximum Gasteiger partial charge on any atom is 0.303 e. The number of pyridine rings is 1. The second-order valence-corrected chi connectivity index (χ2v) is 8.80. The minimum absolute atomic E-state index is 0.0113. The van der Waals surface area contributed by atoms with E-state index in [1.807, 2.05) is 0 Å². The molecule has 1 aliphatic rings. The molecule has 2 N–H and O–H groups in total. The molecule has 0 aliphatic carbocycles. The number of benzene rings is 2. The Balaban J connectivity index is 1.70. The number of nitrogens with zero attached hydrogens (tertiary/aromatic N) is 1. The normalized spacial score (nSPS) is 15.2. The lowest BCUT2D eigenvalue weighted by molar-refractivity contribution is -0.174. The Morgan fingerprint density at radius 1 is 0.974 bits per heavy atom. The number of anilines is 1. The van der Waals surface area contributed by atoms with Crippen LogP contribution in [0.4, 0.5) is 5.69 Å². The summed E-state index contributed by atoms with van der Waals surface area (Å²) >= 11 is 6.17. The largest absolute Gasteiger partial charge is 0.455 e. The van der Waals surface area contributed by atoms with Gasteiger partial charge in [-0.2, -0.15) is 0 Å². The van der Waals surface area contributed by atoms with Gasteiger partial charge < -0.3 is 24.8 Å². The third kappa shape index (κ3) is 6.27. The summed E-state index contributed by atoms with van der Waals surface area (Å²) in [5.41, 5.74) is 1.34. The van der Waals surface area contributed by atoms with Crippen molar-refractivity contribution >= 4 is 40.9 Å². The minimum atomic E-state index is -1.79. The molecule has 1 unspecified atom stereocenters. The molecule has 2 heterocycles. The highest BCUT2D eigenvalue weighted by Gasteiger charge is 2.44. The fourth-order valence-electron chi connectivity index (χ4n) is 3.92. The van der Waals surface area contributed by atoms with Crippen molar-refractivity contribution in [1.29, 1.82) is 0 Å². The van der Waals surface area contributed by atoms with Gasteiger partial charge in [-0.25, -0.2) is 0 Å². The summed E-state index contributed by atoms with van der Waals surface area (Å²) in [5, 5.41) is 6.06. The van der Waals surface area contributed by atoms with Gasteiger partial charge >= 0.3 is 11.9 Å². The van der Waals surface area contributed by atoms with Crippen LogP contribution in [0.15, 0.2) is 66.9 Å². The number of hydrogen-bond donors (Lipinski definition) is 2. The van der Waals surface area contributed by atoms with E-state index in [-0.39, 0.29) is 6.54 Å². The summed E-state index contributed by atoms with van der Waals surface area (Å²) in [6.45, 7) is 2.16. The van der Waals surface area contributed by atoms with Crippen LogP contribution < -0.4 is 15.4 Å². The Morgan fingerprint density at radius 3 is 2.39 bits per heavy atom. The van der Waals surface area contributed by atoms with E-state index in [0.717, 1.165) is 13.8 Å². The first kappa shape index (κ1) is 26.6. The molecule has 3 atom stereocenters. The van der Waals surface area contributed by atoms with Crippen LogP contribution in [-0.2, 0) is 35.2 Å². The van der Waals surface area contributed by atoms with Crippen LogP contribution in [0, 0.1) is 0 Å². The van der Waals surface area contributed by atoms with E-state index in [0.29, 0.717) is 33.5 Å². The molecule has 0 bridgehead atoms. The molecule has 196 valence electrons. The maximum atomic E-state index is 14.0.